The monoisotopic (exact) mass is 171 g/mol. The molecule has 0 aliphatic carbocycles. The number of benzene rings is 1. The summed E-state index contributed by atoms with van der Waals surface area (Å²) < 4.78 is 13.0. The highest BCUT2D eigenvalue weighted by atomic mass is 35.5. The Balaban J connectivity index is 2.60. The van der Waals surface area contributed by atoms with E-state index >= 15 is 0 Å². The fraction of sp³-hybridized carbons (Fsp3) is 0.250. The van der Waals surface area contributed by atoms with Crippen LogP contribution < -0.4 is 5.32 Å². The molecule has 2 rings (SSSR count). The molecule has 0 bridgehead atoms. The van der Waals surface area contributed by atoms with Crippen LogP contribution in [0, 0.1) is 5.82 Å². The van der Waals surface area contributed by atoms with Crippen LogP contribution in [0.5, 0.6) is 0 Å². The van der Waals surface area contributed by atoms with Gasteiger partial charge in [-0.1, -0.05) is 11.6 Å². The molecule has 0 fully saturated rings. The van der Waals surface area contributed by atoms with Crippen molar-refractivity contribution in [2.24, 2.45) is 0 Å². The summed E-state index contributed by atoms with van der Waals surface area (Å²) in [6.07, 6.45) is 0. The molecule has 1 aromatic carbocycles. The van der Waals surface area contributed by atoms with E-state index in [4.69, 9.17) is 11.6 Å². The number of halogens is 2. The van der Waals surface area contributed by atoms with Crippen molar-refractivity contribution in [1.29, 1.82) is 0 Å². The van der Waals surface area contributed by atoms with Gasteiger partial charge < -0.3 is 5.32 Å². The molecule has 1 nitrogen and oxygen atoms in total. The summed E-state index contributed by atoms with van der Waals surface area (Å²) >= 11 is 5.66. The van der Waals surface area contributed by atoms with Gasteiger partial charge in [0.05, 0.1) is 0 Å². The molecule has 0 saturated heterocycles. The minimum absolute atomic E-state index is 0.197. The molecule has 0 unspecified atom stereocenters. The van der Waals surface area contributed by atoms with Crippen molar-refractivity contribution in [3.63, 3.8) is 0 Å². The van der Waals surface area contributed by atoms with Gasteiger partial charge in [0, 0.05) is 23.7 Å². The second-order valence-electron chi connectivity index (χ2n) is 2.63. The Morgan fingerprint density at radius 2 is 2.18 bits per heavy atom. The molecule has 0 aromatic heterocycles. The number of hydrogen-bond donors (Lipinski definition) is 1. The number of nitrogens with one attached hydrogen (secondary N) is 1. The summed E-state index contributed by atoms with van der Waals surface area (Å²) in [6, 6.07) is 3.16. The molecule has 1 aliphatic heterocycles. The van der Waals surface area contributed by atoms with Crippen LogP contribution in [0.15, 0.2) is 12.1 Å². The van der Waals surface area contributed by atoms with Gasteiger partial charge in [0.15, 0.2) is 0 Å². The van der Waals surface area contributed by atoms with Crippen molar-refractivity contribution in [3.8, 4) is 0 Å². The van der Waals surface area contributed by atoms with Crippen LogP contribution in [-0.2, 0) is 13.1 Å². The summed E-state index contributed by atoms with van der Waals surface area (Å²) in [5.41, 5.74) is 1.74. The van der Waals surface area contributed by atoms with E-state index in [0.717, 1.165) is 17.7 Å². The molecule has 0 spiro atoms. The predicted molar refractivity (Wildman–Crippen MR) is 42.0 cm³/mol. The molecule has 1 aliphatic rings. The van der Waals surface area contributed by atoms with Gasteiger partial charge in [-0.25, -0.2) is 4.39 Å². The molecule has 58 valence electrons. The number of fused-ring (bicyclic) bond motifs is 1. The van der Waals surface area contributed by atoms with Gasteiger partial charge >= 0.3 is 0 Å². The largest absolute Gasteiger partial charge is 0.308 e. The van der Waals surface area contributed by atoms with Crippen molar-refractivity contribution in [2.75, 3.05) is 0 Å². The van der Waals surface area contributed by atoms with E-state index in [1.165, 1.54) is 6.07 Å². The van der Waals surface area contributed by atoms with E-state index in [9.17, 15) is 4.39 Å². The van der Waals surface area contributed by atoms with Crippen LogP contribution in [0.4, 0.5) is 4.39 Å². The van der Waals surface area contributed by atoms with Gasteiger partial charge in [0.1, 0.15) is 5.82 Å². The normalized spacial score (nSPS) is 15.1. The SMILES string of the molecule is Fc1cc(Cl)cc2c1CNC2. The average Bonchev–Trinajstić information content (AvgIpc) is 2.34. The first-order valence-electron chi connectivity index (χ1n) is 3.45. The van der Waals surface area contributed by atoms with Crippen molar-refractivity contribution >= 4 is 11.6 Å². The third-order valence-electron chi connectivity index (χ3n) is 1.87. The van der Waals surface area contributed by atoms with Gasteiger partial charge in [0.25, 0.3) is 0 Å². The van der Waals surface area contributed by atoms with Crippen LogP contribution in [0.3, 0.4) is 0 Å². The third kappa shape index (κ3) is 1.12. The zero-order chi connectivity index (χ0) is 7.84. The number of hydrogen-bond acceptors (Lipinski definition) is 1. The number of rotatable bonds is 0. The average molecular weight is 172 g/mol. The van der Waals surface area contributed by atoms with Crippen LogP contribution in [0.25, 0.3) is 0 Å². The highest BCUT2D eigenvalue weighted by Crippen LogP contribution is 2.23. The first-order valence-corrected chi connectivity index (χ1v) is 3.82. The predicted octanol–water partition coefficient (Wildman–Crippen LogP) is 2.08. The molecular formula is C8H7ClFN. The molecule has 0 saturated carbocycles. The quantitative estimate of drug-likeness (QED) is 0.630. The lowest BCUT2D eigenvalue weighted by Crippen LogP contribution is -2.00. The Hall–Kier alpha value is -0.600. The van der Waals surface area contributed by atoms with Gasteiger partial charge in [-0.3, -0.25) is 0 Å². The maximum Gasteiger partial charge on any atom is 0.129 e. The highest BCUT2D eigenvalue weighted by Gasteiger charge is 2.14. The topological polar surface area (TPSA) is 12.0 Å². The lowest BCUT2D eigenvalue weighted by atomic mass is 10.1. The summed E-state index contributed by atoms with van der Waals surface area (Å²) in [5.74, 6) is -0.197. The van der Waals surface area contributed by atoms with Gasteiger partial charge in [-0.15, -0.1) is 0 Å². The minimum atomic E-state index is -0.197. The Bertz CT molecular complexity index is 298. The Morgan fingerprint density at radius 1 is 1.36 bits per heavy atom. The van der Waals surface area contributed by atoms with Crippen LogP contribution >= 0.6 is 11.6 Å². The first-order chi connectivity index (χ1) is 5.27. The van der Waals surface area contributed by atoms with E-state index in [-0.39, 0.29) is 5.82 Å². The lowest BCUT2D eigenvalue weighted by molar-refractivity contribution is 0.608. The maximum absolute atomic E-state index is 13.0. The summed E-state index contributed by atoms with van der Waals surface area (Å²) in [6.45, 7) is 1.35. The van der Waals surface area contributed by atoms with E-state index in [0.29, 0.717) is 11.6 Å². The van der Waals surface area contributed by atoms with Crippen LogP contribution in [0.2, 0.25) is 5.02 Å². The van der Waals surface area contributed by atoms with Crippen molar-refractivity contribution in [1.82, 2.24) is 5.32 Å². The third-order valence-corrected chi connectivity index (χ3v) is 2.09. The Labute approximate surface area is 69.2 Å². The van der Waals surface area contributed by atoms with Gasteiger partial charge in [-0.05, 0) is 17.7 Å². The van der Waals surface area contributed by atoms with E-state index in [2.05, 4.69) is 5.32 Å². The molecule has 1 aromatic rings. The first kappa shape index (κ1) is 7.07. The van der Waals surface area contributed by atoms with Gasteiger partial charge in [0.2, 0.25) is 0 Å². The molecule has 0 atom stereocenters. The summed E-state index contributed by atoms with van der Waals surface area (Å²) in [4.78, 5) is 0. The zero-order valence-corrected chi connectivity index (χ0v) is 6.58. The standard InChI is InChI=1S/C8H7ClFN/c9-6-1-5-3-11-4-7(5)8(10)2-6/h1-2,11H,3-4H2. The molecule has 1 N–H and O–H groups in total. The van der Waals surface area contributed by atoms with Crippen molar-refractivity contribution in [3.05, 3.63) is 34.1 Å². The van der Waals surface area contributed by atoms with E-state index in [1.54, 1.807) is 6.07 Å². The lowest BCUT2D eigenvalue weighted by Gasteiger charge is -1.99. The molecule has 11 heavy (non-hydrogen) atoms. The van der Waals surface area contributed by atoms with E-state index < -0.39 is 0 Å². The molecular weight excluding hydrogens is 165 g/mol. The minimum Gasteiger partial charge on any atom is -0.308 e. The summed E-state index contributed by atoms with van der Waals surface area (Å²) in [7, 11) is 0. The summed E-state index contributed by atoms with van der Waals surface area (Å²) in [5, 5.41) is 3.53. The Kier molecular flexibility index (Phi) is 1.59. The van der Waals surface area contributed by atoms with Crippen LogP contribution in [0.1, 0.15) is 11.1 Å². The van der Waals surface area contributed by atoms with Crippen molar-refractivity contribution in [2.45, 2.75) is 13.1 Å². The second kappa shape index (κ2) is 2.47. The Morgan fingerprint density at radius 3 is 3.00 bits per heavy atom. The van der Waals surface area contributed by atoms with Gasteiger partial charge in [-0.2, -0.15) is 0 Å². The smallest absolute Gasteiger partial charge is 0.129 e. The highest BCUT2D eigenvalue weighted by molar-refractivity contribution is 6.30. The zero-order valence-electron chi connectivity index (χ0n) is 5.82. The molecule has 0 radical (unpaired) electrons. The molecule has 1 heterocycles. The van der Waals surface area contributed by atoms with Crippen molar-refractivity contribution < 1.29 is 4.39 Å². The van der Waals surface area contributed by atoms with E-state index in [1.807, 2.05) is 0 Å². The molecule has 0 amide bonds. The fourth-order valence-electron chi connectivity index (χ4n) is 1.33. The molecule has 3 heteroatoms. The second-order valence-corrected chi connectivity index (χ2v) is 3.07. The fourth-order valence-corrected chi connectivity index (χ4v) is 1.56. The van der Waals surface area contributed by atoms with Crippen LogP contribution in [-0.4, -0.2) is 0 Å². The maximum atomic E-state index is 13.0.